The van der Waals surface area contributed by atoms with Crippen LogP contribution in [0.3, 0.4) is 0 Å². The number of carbonyl (C=O) groups excluding carboxylic acids is 1. The summed E-state index contributed by atoms with van der Waals surface area (Å²) in [6, 6.07) is 26.8. The minimum atomic E-state index is -2.66. The summed E-state index contributed by atoms with van der Waals surface area (Å²) >= 11 is 6.70. The predicted molar refractivity (Wildman–Crippen MR) is 166 cm³/mol. The van der Waals surface area contributed by atoms with Gasteiger partial charge in [0.05, 0.1) is 23.9 Å². The first-order chi connectivity index (χ1) is 18.3. The fourth-order valence-corrected chi connectivity index (χ4v) is 9.29. The Balaban J connectivity index is 2.06. The van der Waals surface area contributed by atoms with Gasteiger partial charge in [-0.15, -0.1) is 0 Å². The fourth-order valence-electron chi connectivity index (χ4n) is 5.31. The number of carbonyl (C=O) groups is 1. The molecule has 6 heteroatoms. The normalized spacial score (nSPS) is 19.2. The average molecular weight is 562 g/mol. The van der Waals surface area contributed by atoms with Crippen LogP contribution >= 0.6 is 6.19 Å². The van der Waals surface area contributed by atoms with Crippen LogP contribution in [-0.2, 0) is 32.3 Å². The minimum absolute atomic E-state index is 0.0893. The lowest BCUT2D eigenvalue weighted by Crippen LogP contribution is -2.60. The van der Waals surface area contributed by atoms with Crippen LogP contribution in [0.15, 0.2) is 91.0 Å². The molecular weight excluding hydrogens is 521 g/mol. The van der Waals surface area contributed by atoms with Crippen molar-refractivity contribution >= 4 is 34.6 Å². The molecular formula is C33H40NO3PS. The third-order valence-corrected chi connectivity index (χ3v) is 11.8. The maximum atomic E-state index is 13.2. The van der Waals surface area contributed by atoms with Gasteiger partial charge in [-0.25, -0.2) is 4.79 Å². The van der Waals surface area contributed by atoms with Gasteiger partial charge < -0.3 is 9.47 Å². The van der Waals surface area contributed by atoms with Gasteiger partial charge >= 0.3 is 5.97 Å². The second-order valence-electron chi connectivity index (χ2n) is 12.2. The van der Waals surface area contributed by atoms with Gasteiger partial charge in [0.15, 0.2) is 6.10 Å². The summed E-state index contributed by atoms with van der Waals surface area (Å²) < 4.78 is 12.1. The average Bonchev–Trinajstić information content (AvgIpc) is 3.23. The van der Waals surface area contributed by atoms with Crippen molar-refractivity contribution in [3.63, 3.8) is 0 Å². The van der Waals surface area contributed by atoms with E-state index < -0.39 is 29.2 Å². The minimum Gasteiger partial charge on any atom is -0.483 e. The van der Waals surface area contributed by atoms with Crippen LogP contribution in [0.25, 0.3) is 0 Å². The highest BCUT2D eigenvalue weighted by Gasteiger charge is 2.60. The Morgan fingerprint density at radius 1 is 0.974 bits per heavy atom. The van der Waals surface area contributed by atoms with E-state index in [-0.39, 0.29) is 17.6 Å². The van der Waals surface area contributed by atoms with Crippen molar-refractivity contribution < 1.29 is 14.3 Å². The molecule has 1 aliphatic heterocycles. The van der Waals surface area contributed by atoms with Gasteiger partial charge in [-0.3, -0.25) is 5.09 Å². The maximum Gasteiger partial charge on any atom is 0.337 e. The van der Waals surface area contributed by atoms with Crippen molar-refractivity contribution in [1.82, 2.24) is 5.09 Å². The summed E-state index contributed by atoms with van der Waals surface area (Å²) in [6.45, 7) is 19.4. The number of fused-ring (bicyclic) bond motifs is 1. The summed E-state index contributed by atoms with van der Waals surface area (Å²) in [7, 11) is 0. The molecule has 0 fully saturated rings. The van der Waals surface area contributed by atoms with Crippen LogP contribution in [-0.4, -0.2) is 18.7 Å². The number of rotatable bonds is 7. The predicted octanol–water partition coefficient (Wildman–Crippen LogP) is 6.74. The van der Waals surface area contributed by atoms with E-state index in [4.69, 9.17) is 21.3 Å². The summed E-state index contributed by atoms with van der Waals surface area (Å²) in [4.78, 5) is 13.2. The molecule has 39 heavy (non-hydrogen) atoms. The van der Waals surface area contributed by atoms with E-state index in [2.05, 4.69) is 89.6 Å². The van der Waals surface area contributed by atoms with E-state index in [1.807, 2.05) is 42.5 Å². The molecule has 1 aliphatic rings. The van der Waals surface area contributed by atoms with E-state index in [0.29, 0.717) is 0 Å². The van der Waals surface area contributed by atoms with Gasteiger partial charge in [-0.2, -0.15) is 0 Å². The lowest BCUT2D eigenvalue weighted by Gasteiger charge is -2.49. The van der Waals surface area contributed by atoms with Crippen molar-refractivity contribution in [3.05, 3.63) is 102 Å². The highest BCUT2D eigenvalue weighted by molar-refractivity contribution is 8.20. The summed E-state index contributed by atoms with van der Waals surface area (Å²) in [5, 5.41) is 6.15. The molecule has 2 atom stereocenters. The Bertz CT molecular complexity index is 1360. The summed E-state index contributed by atoms with van der Waals surface area (Å²) in [6.07, 6.45) is -3.38. The van der Waals surface area contributed by atoms with Crippen LogP contribution in [0.1, 0.15) is 59.6 Å². The monoisotopic (exact) mass is 561 g/mol. The molecule has 1 N–H and O–H groups in total. The van der Waals surface area contributed by atoms with Crippen LogP contribution in [0.5, 0.6) is 5.75 Å². The van der Waals surface area contributed by atoms with Gasteiger partial charge in [0.1, 0.15) is 5.75 Å². The molecule has 0 aromatic heterocycles. The molecule has 3 aromatic rings. The third kappa shape index (κ3) is 5.25. The molecule has 4 nitrogen and oxygen atoms in total. The Labute approximate surface area is 238 Å². The third-order valence-electron chi connectivity index (χ3n) is 7.52. The Morgan fingerprint density at radius 2 is 1.51 bits per heavy atom. The standard InChI is InChI=1S/C33H40NO3PS/c1-9-36-30(35)23(2)29-33(32(6,7)8,27-22-24(31(3,4)5)20-21-28(27)37-29)34-38(39,25-16-12-10-13-17-25)26-18-14-11-15-19-26/h10-22,29H,2,9H2,1,3-8H3,(H,34,39)/t29-,33+/m0/s1. The number of hydrogen-bond donors (Lipinski definition) is 1. The summed E-state index contributed by atoms with van der Waals surface area (Å²) in [5.41, 5.74) is 0.996. The molecule has 0 unspecified atom stereocenters. The van der Waals surface area contributed by atoms with E-state index in [1.54, 1.807) is 6.92 Å². The second kappa shape index (κ2) is 10.7. The van der Waals surface area contributed by atoms with Gasteiger partial charge in [-0.05, 0) is 35.4 Å². The van der Waals surface area contributed by atoms with Gasteiger partial charge in [0, 0.05) is 16.2 Å². The smallest absolute Gasteiger partial charge is 0.337 e. The van der Waals surface area contributed by atoms with E-state index in [9.17, 15) is 4.79 Å². The van der Waals surface area contributed by atoms with Crippen molar-refractivity contribution in [2.24, 2.45) is 5.41 Å². The number of ether oxygens (including phenoxy) is 2. The first-order valence-corrected chi connectivity index (χ1v) is 16.2. The van der Waals surface area contributed by atoms with E-state index in [1.165, 1.54) is 5.56 Å². The number of hydrogen-bond acceptors (Lipinski definition) is 4. The Morgan fingerprint density at radius 3 is 1.97 bits per heavy atom. The topological polar surface area (TPSA) is 47.6 Å². The molecule has 0 bridgehead atoms. The molecule has 0 saturated carbocycles. The highest BCUT2D eigenvalue weighted by Crippen LogP contribution is 2.58. The molecule has 206 valence electrons. The molecule has 4 rings (SSSR count). The zero-order valence-corrected chi connectivity index (χ0v) is 25.8. The highest BCUT2D eigenvalue weighted by atomic mass is 32.4. The zero-order valence-electron chi connectivity index (χ0n) is 24.1. The van der Waals surface area contributed by atoms with Crippen molar-refractivity contribution in [1.29, 1.82) is 0 Å². The molecule has 0 radical (unpaired) electrons. The van der Waals surface area contributed by atoms with Gasteiger partial charge in [0.2, 0.25) is 0 Å². The van der Waals surface area contributed by atoms with Crippen LogP contribution in [0.4, 0.5) is 0 Å². The lowest BCUT2D eigenvalue weighted by molar-refractivity contribution is -0.140. The molecule has 0 aliphatic carbocycles. The van der Waals surface area contributed by atoms with Gasteiger partial charge in [0.25, 0.3) is 0 Å². The zero-order chi connectivity index (χ0) is 28.6. The first kappa shape index (κ1) is 29.3. The number of esters is 1. The van der Waals surface area contributed by atoms with Crippen LogP contribution < -0.4 is 20.4 Å². The molecule has 1 heterocycles. The fraction of sp³-hybridized carbons (Fsp3) is 0.364. The SMILES string of the molecule is C=C(C(=O)OCC)[C@@H]1Oc2ccc(C(C)(C)C)cc2[C@]1(NP(=S)(c1ccccc1)c1ccccc1)C(C)(C)C. The first-order valence-electron chi connectivity index (χ1n) is 13.4. The largest absolute Gasteiger partial charge is 0.483 e. The maximum absolute atomic E-state index is 13.2. The van der Waals surface area contributed by atoms with E-state index >= 15 is 0 Å². The second-order valence-corrected chi connectivity index (χ2v) is 16.3. The van der Waals surface area contributed by atoms with E-state index in [0.717, 1.165) is 21.9 Å². The Hall–Kier alpha value is -2.72. The Kier molecular flexibility index (Phi) is 8.02. The molecule has 3 aromatic carbocycles. The lowest BCUT2D eigenvalue weighted by atomic mass is 9.65. The van der Waals surface area contributed by atoms with Crippen LogP contribution in [0.2, 0.25) is 0 Å². The van der Waals surface area contributed by atoms with Crippen molar-refractivity contribution in [3.8, 4) is 5.75 Å². The van der Waals surface area contributed by atoms with Gasteiger partial charge in [-0.1, -0.05) is 127 Å². The quantitative estimate of drug-likeness (QED) is 0.197. The molecule has 0 spiro atoms. The van der Waals surface area contributed by atoms with Crippen LogP contribution in [0, 0.1) is 5.41 Å². The van der Waals surface area contributed by atoms with Crippen molar-refractivity contribution in [2.75, 3.05) is 6.61 Å². The number of benzene rings is 3. The molecule has 0 saturated heterocycles. The van der Waals surface area contributed by atoms with Crippen molar-refractivity contribution in [2.45, 2.75) is 65.5 Å². The number of nitrogens with one attached hydrogen (secondary N) is 1. The summed E-state index contributed by atoms with van der Waals surface area (Å²) in [5.74, 6) is 0.262. The molecule has 0 amide bonds.